The molecule has 14 heteroatoms. The minimum atomic E-state index is -0.226. The molecule has 0 amide bonds. The predicted octanol–water partition coefficient (Wildman–Crippen LogP) is 6.47. The first-order valence-electron chi connectivity index (χ1n) is 11.5. The van der Waals surface area contributed by atoms with Crippen molar-refractivity contribution >= 4 is 28.1 Å². The molecule has 1 N–H and O–H groups in total. The van der Waals surface area contributed by atoms with Gasteiger partial charge in [0.1, 0.15) is 17.5 Å². The van der Waals surface area contributed by atoms with Crippen molar-refractivity contribution in [1.29, 1.82) is 0 Å². The van der Waals surface area contributed by atoms with Crippen molar-refractivity contribution in [2.45, 2.75) is 13.3 Å². The minimum Gasteiger partial charge on any atom is -0.369 e. The van der Waals surface area contributed by atoms with Gasteiger partial charge < -0.3 is 15.1 Å². The molecule has 0 unspecified atom stereocenters. The maximum atomic E-state index is 14.1. The summed E-state index contributed by atoms with van der Waals surface area (Å²) in [5, 5.41) is 12.7. The van der Waals surface area contributed by atoms with E-state index < -0.39 is 0 Å². The van der Waals surface area contributed by atoms with Crippen molar-refractivity contribution in [3.05, 3.63) is 77.6 Å². The zero-order valence-electron chi connectivity index (χ0n) is 21.1. The number of hydrogen-bond donors (Lipinski definition) is 1. The molecule has 4 aromatic rings. The molecule has 1 saturated heterocycles. The molecular formula is C25H26F7N7. The highest BCUT2D eigenvalue weighted by atomic mass is 20.0. The first-order chi connectivity index (χ1) is 19.1. The highest BCUT2D eigenvalue weighted by Crippen LogP contribution is 2.27. The molecule has 1 aliphatic heterocycles. The molecule has 39 heavy (non-hydrogen) atoms. The Hall–Kier alpha value is -4.07. The lowest BCUT2D eigenvalue weighted by Crippen LogP contribution is -2.44. The molecule has 0 radical (unpaired) electrons. The zero-order valence-corrected chi connectivity index (χ0v) is 21.1. The van der Waals surface area contributed by atoms with Crippen LogP contribution < -0.4 is 10.2 Å². The topological polar surface area (TPSA) is 70.1 Å². The Labute approximate surface area is 219 Å². The molecule has 1 fully saturated rings. The fraction of sp³-hybridized carbons (Fsp3) is 0.280. The SMILES string of the molecule is Cc1cccc2c(Nc3ccnc(Cc4ccc(F)cc4N4CCN(C)CC4)n3)cnnc12.FF.FF.FF. The lowest BCUT2D eigenvalue weighted by Gasteiger charge is -2.35. The molecule has 0 bridgehead atoms. The number of nitrogens with one attached hydrogen (secondary N) is 1. The van der Waals surface area contributed by atoms with Crippen molar-refractivity contribution < 1.29 is 31.8 Å². The van der Waals surface area contributed by atoms with E-state index in [9.17, 15) is 4.39 Å². The van der Waals surface area contributed by atoms with Gasteiger partial charge in [-0.15, -0.1) is 0 Å². The van der Waals surface area contributed by atoms with Gasteiger partial charge in [-0.1, -0.05) is 24.3 Å². The fourth-order valence-electron chi connectivity index (χ4n) is 4.21. The second-order valence-electron chi connectivity index (χ2n) is 8.45. The van der Waals surface area contributed by atoms with Crippen LogP contribution in [0.4, 0.5) is 49.0 Å². The van der Waals surface area contributed by atoms with Crippen molar-refractivity contribution in [2.75, 3.05) is 43.4 Å². The van der Waals surface area contributed by atoms with E-state index in [-0.39, 0.29) is 5.82 Å². The number of halogens is 7. The van der Waals surface area contributed by atoms with Crippen molar-refractivity contribution in [3.8, 4) is 0 Å². The fourth-order valence-corrected chi connectivity index (χ4v) is 4.21. The molecular weight excluding hydrogens is 531 g/mol. The summed E-state index contributed by atoms with van der Waals surface area (Å²) in [6, 6.07) is 12.8. The van der Waals surface area contributed by atoms with Crippen molar-refractivity contribution in [3.63, 3.8) is 0 Å². The Kier molecular flexibility index (Phi) is 12.8. The molecule has 1 aliphatic rings. The van der Waals surface area contributed by atoms with Gasteiger partial charge in [0.15, 0.2) is 0 Å². The van der Waals surface area contributed by atoms with Gasteiger partial charge in [-0.25, -0.2) is 14.4 Å². The average molecular weight is 558 g/mol. The van der Waals surface area contributed by atoms with Gasteiger partial charge in [-0.2, -0.15) is 10.2 Å². The second kappa shape index (κ2) is 16.0. The Morgan fingerprint density at radius 3 is 2.36 bits per heavy atom. The highest BCUT2D eigenvalue weighted by Gasteiger charge is 2.18. The smallest absolute Gasteiger partial charge is 0.135 e. The Morgan fingerprint density at radius 2 is 1.64 bits per heavy atom. The molecule has 3 heterocycles. The average Bonchev–Trinajstić information content (AvgIpc) is 2.98. The summed E-state index contributed by atoms with van der Waals surface area (Å²) in [5.41, 5.74) is 4.71. The first kappa shape index (κ1) is 31.1. The molecule has 0 atom stereocenters. The number of anilines is 3. The number of piperazine rings is 1. The van der Waals surface area contributed by atoms with Crippen LogP contribution in [0.5, 0.6) is 0 Å². The van der Waals surface area contributed by atoms with Crippen LogP contribution >= 0.6 is 0 Å². The van der Waals surface area contributed by atoms with E-state index in [0.29, 0.717) is 18.1 Å². The van der Waals surface area contributed by atoms with Crippen LogP contribution in [0.3, 0.4) is 0 Å². The van der Waals surface area contributed by atoms with Crippen LogP contribution in [0, 0.1) is 12.7 Å². The van der Waals surface area contributed by atoms with Crippen LogP contribution in [0.2, 0.25) is 0 Å². The van der Waals surface area contributed by atoms with E-state index >= 15 is 0 Å². The molecule has 0 spiro atoms. The second-order valence-corrected chi connectivity index (χ2v) is 8.45. The number of likely N-dealkylation sites (N-methyl/N-ethyl adjacent to an activating group) is 1. The van der Waals surface area contributed by atoms with Gasteiger partial charge in [0.05, 0.1) is 17.4 Å². The van der Waals surface area contributed by atoms with E-state index in [1.54, 1.807) is 18.5 Å². The first-order valence-corrected chi connectivity index (χ1v) is 11.5. The Morgan fingerprint density at radius 1 is 0.923 bits per heavy atom. The monoisotopic (exact) mass is 557 g/mol. The lowest BCUT2D eigenvalue weighted by molar-refractivity contribution is 0.108. The quantitative estimate of drug-likeness (QED) is 0.282. The minimum absolute atomic E-state index is 0.226. The molecule has 0 saturated carbocycles. The van der Waals surface area contributed by atoms with E-state index in [1.807, 2.05) is 37.3 Å². The van der Waals surface area contributed by atoms with E-state index in [4.69, 9.17) is 32.4 Å². The lowest BCUT2D eigenvalue weighted by atomic mass is 10.1. The molecule has 7 nitrogen and oxygen atoms in total. The number of rotatable bonds is 5. The predicted molar refractivity (Wildman–Crippen MR) is 135 cm³/mol. The highest BCUT2D eigenvalue weighted by molar-refractivity contribution is 5.93. The number of nitrogens with zero attached hydrogens (tertiary/aromatic N) is 6. The number of aryl methyl sites for hydroxylation is 1. The largest absolute Gasteiger partial charge is 0.369 e. The summed E-state index contributed by atoms with van der Waals surface area (Å²) in [5.74, 6) is 1.12. The van der Waals surface area contributed by atoms with Crippen LogP contribution in [0.1, 0.15) is 17.0 Å². The summed E-state index contributed by atoms with van der Waals surface area (Å²) in [6.07, 6.45) is 3.96. The van der Waals surface area contributed by atoms with Gasteiger partial charge in [0.2, 0.25) is 0 Å². The third-order valence-electron chi connectivity index (χ3n) is 6.08. The summed E-state index contributed by atoms with van der Waals surface area (Å²) < 4.78 is 62.1. The van der Waals surface area contributed by atoms with Gasteiger partial charge in [-0.3, -0.25) is 0 Å². The van der Waals surface area contributed by atoms with Gasteiger partial charge >= 0.3 is 0 Å². The zero-order chi connectivity index (χ0) is 28.8. The van der Waals surface area contributed by atoms with Crippen molar-refractivity contribution in [2.24, 2.45) is 0 Å². The Balaban J connectivity index is 0.000000833. The van der Waals surface area contributed by atoms with E-state index in [1.165, 1.54) is 6.07 Å². The molecule has 210 valence electrons. The van der Waals surface area contributed by atoms with Crippen LogP contribution in [0.25, 0.3) is 10.9 Å². The summed E-state index contributed by atoms with van der Waals surface area (Å²) in [4.78, 5) is 13.7. The number of aromatic nitrogens is 4. The maximum absolute atomic E-state index is 14.1. The summed E-state index contributed by atoms with van der Waals surface area (Å²) in [7, 11) is 2.11. The Bertz CT molecular complexity index is 1310. The van der Waals surface area contributed by atoms with Crippen molar-refractivity contribution in [1.82, 2.24) is 25.1 Å². The summed E-state index contributed by atoms with van der Waals surface area (Å²) >= 11 is 0. The summed E-state index contributed by atoms with van der Waals surface area (Å²) in [6.45, 7) is 5.68. The normalized spacial score (nSPS) is 12.8. The number of fused-ring (bicyclic) bond motifs is 1. The molecule has 0 aliphatic carbocycles. The van der Waals surface area contributed by atoms with Gasteiger partial charge in [0, 0.05) is 77.3 Å². The van der Waals surface area contributed by atoms with Crippen LogP contribution in [0.15, 0.2) is 54.9 Å². The standard InChI is InChI=1S/C25H26FN7.3F2/c1-17-4-3-5-20-21(16-28-31-25(17)20)29-23-8-9-27-24(30-23)14-18-6-7-19(26)15-22(18)33-12-10-32(2)11-13-33;3*1-2/h3-9,15-16H,10-14H2,1-2H3,(H,27,29,30,31);;;. The van der Waals surface area contributed by atoms with Crippen LogP contribution in [-0.4, -0.2) is 58.3 Å². The molecule has 5 rings (SSSR count). The molecule has 2 aromatic heterocycles. The van der Waals surface area contributed by atoms with Gasteiger partial charge in [-0.05, 0) is 43.3 Å². The third-order valence-corrected chi connectivity index (χ3v) is 6.08. The van der Waals surface area contributed by atoms with Crippen LogP contribution in [-0.2, 0) is 6.42 Å². The number of benzene rings is 2. The third kappa shape index (κ3) is 8.21. The molecule has 2 aromatic carbocycles. The van der Waals surface area contributed by atoms with Gasteiger partial charge in [0.25, 0.3) is 0 Å². The van der Waals surface area contributed by atoms with E-state index in [0.717, 1.165) is 59.6 Å². The maximum Gasteiger partial charge on any atom is 0.135 e. The van der Waals surface area contributed by atoms with E-state index in [2.05, 4.69) is 37.3 Å². The number of hydrogen-bond acceptors (Lipinski definition) is 7.